The Kier molecular flexibility index (Phi) is 3.42. The number of anilines is 1. The summed E-state index contributed by atoms with van der Waals surface area (Å²) in [6.45, 7) is 3.24. The average molecular weight is 222 g/mol. The third kappa shape index (κ3) is 2.94. The summed E-state index contributed by atoms with van der Waals surface area (Å²) in [5.74, 6) is -0.418. The molecule has 3 heteroatoms. The molecule has 1 aromatic rings. The van der Waals surface area contributed by atoms with Gasteiger partial charge in [0.2, 0.25) is 5.95 Å². The largest absolute Gasteiger partial charge is 0.384 e. The number of nitrogens with one attached hydrogen (secondary N) is 1. The lowest BCUT2D eigenvalue weighted by atomic mass is 9.76. The van der Waals surface area contributed by atoms with E-state index in [1.54, 1.807) is 0 Å². The van der Waals surface area contributed by atoms with Gasteiger partial charge in [0.05, 0.1) is 0 Å². The molecule has 1 saturated carbocycles. The van der Waals surface area contributed by atoms with Crippen LogP contribution in [-0.2, 0) is 0 Å². The summed E-state index contributed by atoms with van der Waals surface area (Å²) in [4.78, 5) is 3.55. The topological polar surface area (TPSA) is 24.9 Å². The molecule has 0 bridgehead atoms. The van der Waals surface area contributed by atoms with E-state index in [9.17, 15) is 4.39 Å². The van der Waals surface area contributed by atoms with Gasteiger partial charge in [0.1, 0.15) is 0 Å². The Morgan fingerprint density at radius 2 is 2.12 bits per heavy atom. The van der Waals surface area contributed by atoms with Gasteiger partial charge in [0.25, 0.3) is 0 Å². The number of nitrogens with zero attached hydrogens (tertiary/aromatic N) is 1. The fourth-order valence-corrected chi connectivity index (χ4v) is 2.41. The van der Waals surface area contributed by atoms with Gasteiger partial charge in [0.15, 0.2) is 0 Å². The van der Waals surface area contributed by atoms with Gasteiger partial charge in [0, 0.05) is 24.5 Å². The first-order valence-corrected chi connectivity index (χ1v) is 6.03. The molecule has 0 unspecified atom stereocenters. The van der Waals surface area contributed by atoms with E-state index < -0.39 is 5.95 Å². The molecule has 1 aliphatic rings. The molecule has 16 heavy (non-hydrogen) atoms. The van der Waals surface area contributed by atoms with Crippen LogP contribution in [0.2, 0.25) is 0 Å². The number of hydrogen-bond donors (Lipinski definition) is 1. The Morgan fingerprint density at radius 3 is 2.81 bits per heavy atom. The minimum absolute atomic E-state index is 0.373. The number of pyridine rings is 1. The molecule has 1 fully saturated rings. The Hall–Kier alpha value is -1.12. The van der Waals surface area contributed by atoms with Crippen LogP contribution in [0.4, 0.5) is 10.1 Å². The van der Waals surface area contributed by atoms with Crippen molar-refractivity contribution in [2.75, 3.05) is 11.9 Å². The van der Waals surface area contributed by atoms with Crippen LogP contribution < -0.4 is 5.32 Å². The highest BCUT2D eigenvalue weighted by atomic mass is 19.1. The van der Waals surface area contributed by atoms with Gasteiger partial charge in [-0.25, -0.2) is 4.98 Å². The second-order valence-corrected chi connectivity index (χ2v) is 5.09. The molecule has 0 atom stereocenters. The van der Waals surface area contributed by atoms with E-state index in [1.807, 2.05) is 6.07 Å². The number of hydrogen-bond acceptors (Lipinski definition) is 2. The maximum atomic E-state index is 12.9. The lowest BCUT2D eigenvalue weighted by Crippen LogP contribution is -2.28. The zero-order valence-corrected chi connectivity index (χ0v) is 9.80. The van der Waals surface area contributed by atoms with E-state index in [1.165, 1.54) is 44.4 Å². The summed E-state index contributed by atoms with van der Waals surface area (Å²) in [7, 11) is 0. The highest BCUT2D eigenvalue weighted by Crippen LogP contribution is 2.35. The number of halogens is 1. The summed E-state index contributed by atoms with van der Waals surface area (Å²) >= 11 is 0. The molecule has 0 aliphatic heterocycles. The van der Waals surface area contributed by atoms with Crippen LogP contribution in [0.15, 0.2) is 18.3 Å². The molecule has 1 aliphatic carbocycles. The molecular formula is C13H19FN2. The molecule has 2 nitrogen and oxygen atoms in total. The molecule has 0 radical (unpaired) electrons. The van der Waals surface area contributed by atoms with Crippen LogP contribution >= 0.6 is 0 Å². The van der Waals surface area contributed by atoms with Crippen molar-refractivity contribution in [2.24, 2.45) is 5.41 Å². The van der Waals surface area contributed by atoms with E-state index in [4.69, 9.17) is 0 Å². The van der Waals surface area contributed by atoms with Crippen LogP contribution in [0.25, 0.3) is 0 Å². The number of aromatic nitrogens is 1. The summed E-state index contributed by atoms with van der Waals surface area (Å²) in [6.07, 6.45) is 8.05. The smallest absolute Gasteiger partial charge is 0.214 e. The molecular weight excluding hydrogens is 203 g/mol. The molecule has 1 heterocycles. The summed E-state index contributed by atoms with van der Waals surface area (Å²) in [5, 5.41) is 3.32. The van der Waals surface area contributed by atoms with Crippen molar-refractivity contribution in [2.45, 2.75) is 39.0 Å². The first-order chi connectivity index (χ1) is 7.68. The van der Waals surface area contributed by atoms with E-state index >= 15 is 0 Å². The van der Waals surface area contributed by atoms with Gasteiger partial charge in [-0.3, -0.25) is 0 Å². The zero-order chi connectivity index (χ0) is 11.4. The molecule has 1 aromatic heterocycles. The molecule has 0 spiro atoms. The fraction of sp³-hybridized carbons (Fsp3) is 0.615. The first kappa shape index (κ1) is 11.4. The maximum absolute atomic E-state index is 12.9. The van der Waals surface area contributed by atoms with Crippen molar-refractivity contribution in [1.82, 2.24) is 4.98 Å². The van der Waals surface area contributed by atoms with Crippen LogP contribution in [0.3, 0.4) is 0 Å². The van der Waals surface area contributed by atoms with E-state index in [2.05, 4.69) is 17.2 Å². The lowest BCUT2D eigenvalue weighted by Gasteiger charge is -2.34. The van der Waals surface area contributed by atoms with Crippen molar-refractivity contribution in [3.63, 3.8) is 0 Å². The zero-order valence-electron chi connectivity index (χ0n) is 9.80. The SMILES string of the molecule is CC1(CNc2ccnc(F)c2)CCCCC1. The standard InChI is InChI=1S/C13H19FN2/c1-13(6-3-2-4-7-13)10-16-11-5-8-15-12(14)9-11/h5,8-9H,2-4,6-7,10H2,1H3,(H,15,16). The van der Waals surface area contributed by atoms with Gasteiger partial charge < -0.3 is 5.32 Å². The molecule has 0 amide bonds. The Balaban J connectivity index is 1.91. The van der Waals surface area contributed by atoms with Crippen molar-refractivity contribution >= 4 is 5.69 Å². The highest BCUT2D eigenvalue weighted by molar-refractivity contribution is 5.41. The predicted molar refractivity (Wildman–Crippen MR) is 63.9 cm³/mol. The highest BCUT2D eigenvalue weighted by Gasteiger charge is 2.26. The van der Waals surface area contributed by atoms with Crippen molar-refractivity contribution < 1.29 is 4.39 Å². The fourth-order valence-electron chi connectivity index (χ4n) is 2.41. The quantitative estimate of drug-likeness (QED) is 0.790. The average Bonchev–Trinajstić information content (AvgIpc) is 2.28. The van der Waals surface area contributed by atoms with Gasteiger partial charge >= 0.3 is 0 Å². The van der Waals surface area contributed by atoms with E-state index in [0.717, 1.165) is 12.2 Å². The molecule has 2 rings (SSSR count). The molecule has 1 N–H and O–H groups in total. The Bertz CT molecular complexity index is 346. The van der Waals surface area contributed by atoms with Gasteiger partial charge in [-0.15, -0.1) is 0 Å². The van der Waals surface area contributed by atoms with Crippen LogP contribution in [0.5, 0.6) is 0 Å². The summed E-state index contributed by atoms with van der Waals surface area (Å²) in [5.41, 5.74) is 1.21. The maximum Gasteiger partial charge on any atom is 0.214 e. The van der Waals surface area contributed by atoms with Gasteiger partial charge in [-0.1, -0.05) is 26.2 Å². The Labute approximate surface area is 96.3 Å². The van der Waals surface area contributed by atoms with Crippen LogP contribution in [0, 0.1) is 11.4 Å². The number of rotatable bonds is 3. The molecule has 88 valence electrons. The summed E-state index contributed by atoms with van der Waals surface area (Å²) < 4.78 is 12.9. The first-order valence-electron chi connectivity index (χ1n) is 6.03. The monoisotopic (exact) mass is 222 g/mol. The normalized spacial score (nSPS) is 19.4. The van der Waals surface area contributed by atoms with Gasteiger partial charge in [-0.2, -0.15) is 4.39 Å². The lowest BCUT2D eigenvalue weighted by molar-refractivity contribution is 0.233. The third-order valence-corrected chi connectivity index (χ3v) is 3.51. The van der Waals surface area contributed by atoms with Crippen LogP contribution in [0.1, 0.15) is 39.0 Å². The van der Waals surface area contributed by atoms with E-state index in [0.29, 0.717) is 5.41 Å². The predicted octanol–water partition coefficient (Wildman–Crippen LogP) is 3.60. The molecule has 0 saturated heterocycles. The van der Waals surface area contributed by atoms with Crippen LogP contribution in [-0.4, -0.2) is 11.5 Å². The van der Waals surface area contributed by atoms with Crippen molar-refractivity contribution in [3.8, 4) is 0 Å². The summed E-state index contributed by atoms with van der Waals surface area (Å²) in [6, 6.07) is 3.27. The third-order valence-electron chi connectivity index (χ3n) is 3.51. The molecule has 0 aromatic carbocycles. The minimum atomic E-state index is -0.418. The second-order valence-electron chi connectivity index (χ2n) is 5.09. The minimum Gasteiger partial charge on any atom is -0.384 e. The Morgan fingerprint density at radius 1 is 1.38 bits per heavy atom. The van der Waals surface area contributed by atoms with Gasteiger partial charge in [-0.05, 0) is 24.3 Å². The van der Waals surface area contributed by atoms with E-state index in [-0.39, 0.29) is 0 Å². The van der Waals surface area contributed by atoms with Crippen molar-refractivity contribution in [1.29, 1.82) is 0 Å². The van der Waals surface area contributed by atoms with Crippen molar-refractivity contribution in [3.05, 3.63) is 24.3 Å². The second kappa shape index (κ2) is 4.81.